The largest absolute Gasteiger partial charge is 0.445 e. The number of amides is 1. The van der Waals surface area contributed by atoms with Crippen molar-refractivity contribution < 1.29 is 9.21 Å². The number of anilines is 1. The van der Waals surface area contributed by atoms with E-state index in [1.165, 1.54) is 5.56 Å². The molecule has 0 atom stereocenters. The molecule has 0 spiro atoms. The van der Waals surface area contributed by atoms with Gasteiger partial charge in [-0.3, -0.25) is 4.79 Å². The Labute approximate surface area is 146 Å². The number of aryl methyl sites for hydroxylation is 1. The van der Waals surface area contributed by atoms with E-state index < -0.39 is 0 Å². The van der Waals surface area contributed by atoms with Crippen LogP contribution in [0, 0.1) is 12.8 Å². The van der Waals surface area contributed by atoms with Gasteiger partial charge < -0.3 is 9.73 Å². The Morgan fingerprint density at radius 3 is 2.52 bits per heavy atom. The smallest absolute Gasteiger partial charge is 0.227 e. The Bertz CT molecular complexity index is 879. The highest BCUT2D eigenvalue weighted by atomic mass is 16.3. The van der Waals surface area contributed by atoms with E-state index in [4.69, 9.17) is 4.42 Å². The van der Waals surface area contributed by atoms with Crippen LogP contribution in [0.3, 0.4) is 0 Å². The lowest BCUT2D eigenvalue weighted by Gasteiger charge is -2.24. The maximum atomic E-state index is 12.1. The molecule has 0 saturated heterocycles. The summed E-state index contributed by atoms with van der Waals surface area (Å²) in [5.41, 5.74) is 5.22. The molecular formula is C21H20N2O2. The van der Waals surface area contributed by atoms with Crippen LogP contribution in [0.25, 0.3) is 22.6 Å². The molecule has 0 aliphatic heterocycles. The van der Waals surface area contributed by atoms with Crippen molar-refractivity contribution in [2.45, 2.75) is 26.2 Å². The number of benzene rings is 2. The monoisotopic (exact) mass is 332 g/mol. The summed E-state index contributed by atoms with van der Waals surface area (Å²) in [4.78, 5) is 16.3. The maximum Gasteiger partial charge on any atom is 0.227 e. The molecule has 1 heterocycles. The molecule has 25 heavy (non-hydrogen) atoms. The van der Waals surface area contributed by atoms with Gasteiger partial charge in [0.2, 0.25) is 11.8 Å². The standard InChI is InChI=1S/C21H20N2O2/c1-14-5-6-17(21-22-11-12-25-21)13-19(14)15-7-9-18(10-8-15)23-20(24)16-3-2-4-16/h5-13,16H,2-4H2,1H3,(H,23,24). The number of hydrogen-bond acceptors (Lipinski definition) is 3. The number of nitrogens with one attached hydrogen (secondary N) is 1. The van der Waals surface area contributed by atoms with Crippen LogP contribution >= 0.6 is 0 Å². The third-order valence-corrected chi connectivity index (χ3v) is 4.86. The van der Waals surface area contributed by atoms with Crippen LogP contribution in [0.5, 0.6) is 0 Å². The summed E-state index contributed by atoms with van der Waals surface area (Å²) in [5, 5.41) is 3.01. The maximum absolute atomic E-state index is 12.1. The molecule has 0 radical (unpaired) electrons. The zero-order valence-electron chi connectivity index (χ0n) is 14.2. The van der Waals surface area contributed by atoms with Gasteiger partial charge in [0.05, 0.1) is 6.20 Å². The molecule has 1 amide bonds. The lowest BCUT2D eigenvalue weighted by molar-refractivity contribution is -0.122. The van der Waals surface area contributed by atoms with Gasteiger partial charge >= 0.3 is 0 Å². The van der Waals surface area contributed by atoms with Crippen molar-refractivity contribution in [1.29, 1.82) is 0 Å². The van der Waals surface area contributed by atoms with Crippen molar-refractivity contribution in [3.63, 3.8) is 0 Å². The number of rotatable bonds is 4. The average Bonchev–Trinajstić information content (AvgIpc) is 3.09. The van der Waals surface area contributed by atoms with Gasteiger partial charge in [-0.2, -0.15) is 0 Å². The molecule has 1 aromatic heterocycles. The Morgan fingerprint density at radius 2 is 1.88 bits per heavy atom. The third-order valence-electron chi connectivity index (χ3n) is 4.86. The van der Waals surface area contributed by atoms with Gasteiger partial charge in [-0.15, -0.1) is 0 Å². The topological polar surface area (TPSA) is 55.1 Å². The van der Waals surface area contributed by atoms with E-state index in [1.54, 1.807) is 12.5 Å². The number of nitrogens with zero attached hydrogens (tertiary/aromatic N) is 1. The molecule has 0 bridgehead atoms. The summed E-state index contributed by atoms with van der Waals surface area (Å²) in [6.07, 6.45) is 6.41. The van der Waals surface area contributed by atoms with Gasteiger partial charge in [0.25, 0.3) is 0 Å². The molecule has 1 saturated carbocycles. The fraction of sp³-hybridized carbons (Fsp3) is 0.238. The first-order valence-electron chi connectivity index (χ1n) is 8.62. The molecule has 1 aliphatic carbocycles. The van der Waals surface area contributed by atoms with Gasteiger partial charge in [0.1, 0.15) is 6.26 Å². The van der Waals surface area contributed by atoms with Gasteiger partial charge in [0, 0.05) is 17.2 Å². The van der Waals surface area contributed by atoms with Crippen molar-refractivity contribution in [1.82, 2.24) is 4.98 Å². The number of oxazole rings is 1. The Morgan fingerprint density at radius 1 is 1.12 bits per heavy atom. The van der Waals surface area contributed by atoms with Crippen molar-refractivity contribution in [2.24, 2.45) is 5.92 Å². The molecule has 1 fully saturated rings. The molecule has 3 aromatic rings. The zero-order chi connectivity index (χ0) is 17.2. The van der Waals surface area contributed by atoms with Crippen LogP contribution in [0.1, 0.15) is 24.8 Å². The summed E-state index contributed by atoms with van der Waals surface area (Å²) >= 11 is 0. The van der Waals surface area contributed by atoms with Crippen LogP contribution in [-0.4, -0.2) is 10.9 Å². The number of aromatic nitrogens is 1. The van der Waals surface area contributed by atoms with E-state index >= 15 is 0 Å². The molecule has 1 N–H and O–H groups in total. The van der Waals surface area contributed by atoms with Crippen molar-refractivity contribution in [3.8, 4) is 22.6 Å². The Hall–Kier alpha value is -2.88. The summed E-state index contributed by atoms with van der Waals surface area (Å²) in [6.45, 7) is 2.08. The number of hydrogen-bond donors (Lipinski definition) is 1. The van der Waals surface area contributed by atoms with Crippen LogP contribution in [-0.2, 0) is 4.79 Å². The second-order valence-electron chi connectivity index (χ2n) is 6.56. The van der Waals surface area contributed by atoms with Gasteiger partial charge in [-0.05, 0) is 60.7 Å². The zero-order valence-corrected chi connectivity index (χ0v) is 14.2. The summed E-state index contributed by atoms with van der Waals surface area (Å²) in [6, 6.07) is 14.2. The first-order chi connectivity index (χ1) is 12.2. The minimum Gasteiger partial charge on any atom is -0.445 e. The lowest BCUT2D eigenvalue weighted by Crippen LogP contribution is -2.27. The summed E-state index contributed by atoms with van der Waals surface area (Å²) < 4.78 is 5.39. The minimum atomic E-state index is 0.140. The highest BCUT2D eigenvalue weighted by Crippen LogP contribution is 2.30. The quantitative estimate of drug-likeness (QED) is 0.727. The SMILES string of the molecule is Cc1ccc(-c2ncco2)cc1-c1ccc(NC(=O)C2CCC2)cc1. The van der Waals surface area contributed by atoms with Crippen LogP contribution < -0.4 is 5.32 Å². The molecule has 1 aliphatic rings. The predicted octanol–water partition coefficient (Wildman–Crippen LogP) is 5.06. The Balaban J connectivity index is 1.57. The van der Waals surface area contributed by atoms with E-state index in [1.807, 2.05) is 30.3 Å². The molecule has 126 valence electrons. The molecular weight excluding hydrogens is 312 g/mol. The normalized spacial score (nSPS) is 14.1. The molecule has 2 aromatic carbocycles. The van der Waals surface area contributed by atoms with Crippen molar-refractivity contribution >= 4 is 11.6 Å². The van der Waals surface area contributed by atoms with Crippen LogP contribution in [0.15, 0.2) is 59.3 Å². The molecule has 4 rings (SSSR count). The van der Waals surface area contributed by atoms with Crippen LogP contribution in [0.4, 0.5) is 5.69 Å². The highest BCUT2D eigenvalue weighted by Gasteiger charge is 2.25. The minimum absolute atomic E-state index is 0.140. The van der Waals surface area contributed by atoms with Gasteiger partial charge in [0.15, 0.2) is 0 Å². The van der Waals surface area contributed by atoms with Crippen molar-refractivity contribution in [3.05, 3.63) is 60.5 Å². The average molecular weight is 332 g/mol. The van der Waals surface area contributed by atoms with E-state index in [0.717, 1.165) is 41.6 Å². The lowest BCUT2D eigenvalue weighted by atomic mass is 9.85. The molecule has 4 nitrogen and oxygen atoms in total. The van der Waals surface area contributed by atoms with Gasteiger partial charge in [-0.1, -0.05) is 24.6 Å². The third kappa shape index (κ3) is 3.20. The number of carbonyl (C=O) groups is 1. The second-order valence-corrected chi connectivity index (χ2v) is 6.56. The fourth-order valence-corrected chi connectivity index (χ4v) is 3.08. The van der Waals surface area contributed by atoms with E-state index in [0.29, 0.717) is 5.89 Å². The van der Waals surface area contributed by atoms with Gasteiger partial charge in [-0.25, -0.2) is 4.98 Å². The fourth-order valence-electron chi connectivity index (χ4n) is 3.08. The highest BCUT2D eigenvalue weighted by molar-refractivity contribution is 5.93. The van der Waals surface area contributed by atoms with Crippen LogP contribution in [0.2, 0.25) is 0 Å². The molecule has 4 heteroatoms. The predicted molar refractivity (Wildman–Crippen MR) is 98.1 cm³/mol. The summed E-state index contributed by atoms with van der Waals surface area (Å²) in [5.74, 6) is 0.950. The van der Waals surface area contributed by atoms with E-state index in [2.05, 4.69) is 29.4 Å². The van der Waals surface area contributed by atoms with Crippen molar-refractivity contribution in [2.75, 3.05) is 5.32 Å². The molecule has 0 unspecified atom stereocenters. The first-order valence-corrected chi connectivity index (χ1v) is 8.62. The second kappa shape index (κ2) is 6.55. The number of carbonyl (C=O) groups excluding carboxylic acids is 1. The Kier molecular flexibility index (Phi) is 4.10. The van der Waals surface area contributed by atoms with E-state index in [-0.39, 0.29) is 11.8 Å². The summed E-state index contributed by atoms with van der Waals surface area (Å²) in [7, 11) is 0. The van der Waals surface area contributed by atoms with E-state index in [9.17, 15) is 4.79 Å². The first kappa shape index (κ1) is 15.6.